The van der Waals surface area contributed by atoms with Gasteiger partial charge in [-0.05, 0) is 12.8 Å². The fourth-order valence-corrected chi connectivity index (χ4v) is 2.70. The molecule has 0 rings (SSSR count). The molecule has 0 aromatic carbocycles. The second-order valence-corrected chi connectivity index (χ2v) is 6.02. The van der Waals surface area contributed by atoms with E-state index in [2.05, 4.69) is 13.8 Å². The standard InChI is InChI=1S/C17H32O4.Mg.2H/c1-3-5-7-9-11-13-17(15(18)19,16(20)21)14-12-10-8-6-4-2;;;/h3-14H2,1-2H3,(H,18,19)(H,20,21);;;. The number of carboxylic acid groups (broad SMARTS) is 2. The molecule has 0 aliphatic heterocycles. The Hall–Kier alpha value is -0.294. The molecule has 0 bridgehead atoms. The van der Waals surface area contributed by atoms with Crippen molar-refractivity contribution in [3.05, 3.63) is 0 Å². The van der Waals surface area contributed by atoms with Crippen LogP contribution in [0.1, 0.15) is 90.9 Å². The van der Waals surface area contributed by atoms with Gasteiger partial charge in [-0.15, -0.1) is 0 Å². The minimum atomic E-state index is -1.57. The monoisotopic (exact) mass is 326 g/mol. The molecule has 0 saturated carbocycles. The average Bonchev–Trinajstić information content (AvgIpc) is 2.44. The summed E-state index contributed by atoms with van der Waals surface area (Å²) in [4.78, 5) is 23.0. The largest absolute Gasteiger partial charge is 0.480 e. The zero-order valence-corrected chi connectivity index (χ0v) is 13.7. The summed E-state index contributed by atoms with van der Waals surface area (Å²) in [5.41, 5.74) is -1.57. The Kier molecular flexibility index (Phi) is 15.6. The molecule has 0 fully saturated rings. The first-order valence-corrected chi connectivity index (χ1v) is 8.48. The molecular weight excluding hydrogens is 292 g/mol. The van der Waals surface area contributed by atoms with Crippen LogP contribution in [0.15, 0.2) is 0 Å². The van der Waals surface area contributed by atoms with E-state index in [1.165, 1.54) is 0 Å². The van der Waals surface area contributed by atoms with Gasteiger partial charge in [-0.3, -0.25) is 9.59 Å². The summed E-state index contributed by atoms with van der Waals surface area (Å²) in [6.45, 7) is 4.24. The van der Waals surface area contributed by atoms with Crippen LogP contribution in [0.25, 0.3) is 0 Å². The van der Waals surface area contributed by atoms with Gasteiger partial charge in [0, 0.05) is 0 Å². The van der Waals surface area contributed by atoms with Crippen LogP contribution in [0.3, 0.4) is 0 Å². The van der Waals surface area contributed by atoms with Crippen LogP contribution in [0.5, 0.6) is 0 Å². The molecule has 0 amide bonds. The van der Waals surface area contributed by atoms with Gasteiger partial charge in [0.15, 0.2) is 5.41 Å². The van der Waals surface area contributed by atoms with E-state index in [9.17, 15) is 19.8 Å². The van der Waals surface area contributed by atoms with Crippen LogP contribution in [-0.2, 0) is 9.59 Å². The lowest BCUT2D eigenvalue weighted by atomic mass is 9.78. The van der Waals surface area contributed by atoms with Crippen LogP contribution >= 0.6 is 0 Å². The van der Waals surface area contributed by atoms with E-state index in [1.807, 2.05) is 0 Å². The third-order valence-corrected chi connectivity index (χ3v) is 4.23. The highest BCUT2D eigenvalue weighted by atomic mass is 24.3. The molecule has 0 spiro atoms. The lowest BCUT2D eigenvalue weighted by Crippen LogP contribution is -2.39. The van der Waals surface area contributed by atoms with Crippen molar-refractivity contribution < 1.29 is 19.8 Å². The van der Waals surface area contributed by atoms with Gasteiger partial charge in [0.25, 0.3) is 0 Å². The van der Waals surface area contributed by atoms with Crippen molar-refractivity contribution >= 4 is 35.0 Å². The van der Waals surface area contributed by atoms with Crippen molar-refractivity contribution in [3.8, 4) is 0 Å². The summed E-state index contributed by atoms with van der Waals surface area (Å²) < 4.78 is 0. The van der Waals surface area contributed by atoms with Gasteiger partial charge < -0.3 is 10.2 Å². The molecule has 0 aliphatic carbocycles. The van der Waals surface area contributed by atoms with Crippen molar-refractivity contribution in [2.24, 2.45) is 5.41 Å². The maximum absolute atomic E-state index is 11.5. The number of hydrogen-bond acceptors (Lipinski definition) is 2. The zero-order chi connectivity index (χ0) is 16.1. The number of carboxylic acids is 2. The Labute approximate surface area is 151 Å². The minimum Gasteiger partial charge on any atom is -0.480 e. The third kappa shape index (κ3) is 8.98. The number of rotatable bonds is 14. The van der Waals surface area contributed by atoms with Gasteiger partial charge in [-0.1, -0.05) is 78.1 Å². The summed E-state index contributed by atoms with van der Waals surface area (Å²) in [7, 11) is 0. The number of hydrogen-bond donors (Lipinski definition) is 2. The van der Waals surface area contributed by atoms with Gasteiger partial charge in [-0.25, -0.2) is 0 Å². The summed E-state index contributed by atoms with van der Waals surface area (Å²) in [5, 5.41) is 18.8. The van der Waals surface area contributed by atoms with Crippen LogP contribution in [0, 0.1) is 5.41 Å². The highest BCUT2D eigenvalue weighted by molar-refractivity contribution is 5.98. The molecule has 128 valence electrons. The van der Waals surface area contributed by atoms with Gasteiger partial charge in [-0.2, -0.15) is 0 Å². The molecule has 0 aromatic heterocycles. The van der Waals surface area contributed by atoms with Gasteiger partial charge in [0.05, 0.1) is 0 Å². The Morgan fingerprint density at radius 3 is 1.27 bits per heavy atom. The van der Waals surface area contributed by atoms with E-state index in [1.54, 1.807) is 0 Å². The fourth-order valence-electron chi connectivity index (χ4n) is 2.70. The van der Waals surface area contributed by atoms with Gasteiger partial charge in [0.1, 0.15) is 0 Å². The van der Waals surface area contributed by atoms with E-state index in [0.29, 0.717) is 12.8 Å². The quantitative estimate of drug-likeness (QED) is 0.288. The average molecular weight is 327 g/mol. The minimum absolute atomic E-state index is 0. The highest BCUT2D eigenvalue weighted by Crippen LogP contribution is 2.33. The first kappa shape index (κ1) is 24.0. The van der Waals surface area contributed by atoms with Gasteiger partial charge in [0.2, 0.25) is 0 Å². The van der Waals surface area contributed by atoms with E-state index in [4.69, 9.17) is 0 Å². The molecule has 4 nitrogen and oxygen atoms in total. The predicted molar refractivity (Wildman–Crippen MR) is 93.0 cm³/mol. The lowest BCUT2D eigenvalue weighted by Gasteiger charge is -2.25. The van der Waals surface area contributed by atoms with Crippen molar-refractivity contribution in [1.29, 1.82) is 0 Å². The summed E-state index contributed by atoms with van der Waals surface area (Å²) in [6.07, 6.45) is 10.4. The van der Waals surface area contributed by atoms with Crippen LogP contribution in [0.2, 0.25) is 0 Å². The Balaban J connectivity index is 0. The van der Waals surface area contributed by atoms with E-state index < -0.39 is 17.4 Å². The van der Waals surface area contributed by atoms with Crippen molar-refractivity contribution in [2.75, 3.05) is 0 Å². The summed E-state index contributed by atoms with van der Waals surface area (Å²) in [6, 6.07) is 0. The fraction of sp³-hybridized carbons (Fsp3) is 0.882. The van der Waals surface area contributed by atoms with Crippen molar-refractivity contribution in [1.82, 2.24) is 0 Å². The third-order valence-electron chi connectivity index (χ3n) is 4.23. The van der Waals surface area contributed by atoms with E-state index in [0.717, 1.165) is 51.4 Å². The Bertz CT molecular complexity index is 275. The van der Waals surface area contributed by atoms with Crippen LogP contribution < -0.4 is 0 Å². The van der Waals surface area contributed by atoms with E-state index >= 15 is 0 Å². The highest BCUT2D eigenvalue weighted by Gasteiger charge is 2.45. The zero-order valence-electron chi connectivity index (χ0n) is 13.7. The Morgan fingerprint density at radius 1 is 0.682 bits per heavy atom. The summed E-state index contributed by atoms with van der Waals surface area (Å²) >= 11 is 0. The summed E-state index contributed by atoms with van der Waals surface area (Å²) in [5.74, 6) is -2.33. The molecule has 5 heteroatoms. The van der Waals surface area contributed by atoms with E-state index in [-0.39, 0.29) is 35.9 Å². The Morgan fingerprint density at radius 2 is 1.00 bits per heavy atom. The molecule has 0 unspecified atom stereocenters. The molecule has 0 heterocycles. The molecule has 2 N–H and O–H groups in total. The normalized spacial score (nSPS) is 11.0. The smallest absolute Gasteiger partial charge is 0.321 e. The molecule has 22 heavy (non-hydrogen) atoms. The van der Waals surface area contributed by atoms with Crippen LogP contribution in [-0.4, -0.2) is 45.2 Å². The molecular formula is C17H34MgO4. The predicted octanol–water partition coefficient (Wildman–Crippen LogP) is 3.95. The maximum atomic E-state index is 11.5. The maximum Gasteiger partial charge on any atom is 0.321 e. The SMILES string of the molecule is CCCCCCCC(CCCCCCC)(C(=O)O)C(=O)O.[MgH2]. The second kappa shape index (κ2) is 14.3. The molecule has 0 saturated heterocycles. The topological polar surface area (TPSA) is 74.6 Å². The number of carbonyl (C=O) groups is 2. The lowest BCUT2D eigenvalue weighted by molar-refractivity contribution is -0.166. The number of unbranched alkanes of at least 4 members (excludes halogenated alkanes) is 8. The molecule has 0 aromatic rings. The molecule has 0 atom stereocenters. The number of aliphatic carboxylic acids is 2. The first-order chi connectivity index (χ1) is 10.0. The second-order valence-electron chi connectivity index (χ2n) is 6.02. The molecule has 0 aliphatic rings. The molecule has 0 radical (unpaired) electrons. The first-order valence-electron chi connectivity index (χ1n) is 8.48. The van der Waals surface area contributed by atoms with Crippen LogP contribution in [0.4, 0.5) is 0 Å². The van der Waals surface area contributed by atoms with Crippen molar-refractivity contribution in [3.63, 3.8) is 0 Å². The van der Waals surface area contributed by atoms with Crippen molar-refractivity contribution in [2.45, 2.75) is 90.9 Å². The van der Waals surface area contributed by atoms with Gasteiger partial charge >= 0.3 is 35.0 Å².